The van der Waals surface area contributed by atoms with Gasteiger partial charge in [0, 0.05) is 0 Å². The minimum atomic E-state index is -0.478. The lowest BCUT2D eigenvalue weighted by Gasteiger charge is -2.14. The van der Waals surface area contributed by atoms with Crippen molar-refractivity contribution in [2.75, 3.05) is 0 Å². The molecule has 0 bridgehead atoms. The van der Waals surface area contributed by atoms with Crippen LogP contribution in [0.4, 0.5) is 4.79 Å². The first-order valence-electron chi connectivity index (χ1n) is 6.66. The maximum atomic E-state index is 11.8. The fourth-order valence-electron chi connectivity index (χ4n) is 1.90. The molecule has 21 heavy (non-hydrogen) atoms. The average Bonchev–Trinajstić information content (AvgIpc) is 2.54. The van der Waals surface area contributed by atoms with Gasteiger partial charge >= 0.3 is 6.09 Å². The van der Waals surface area contributed by atoms with Gasteiger partial charge in [-0.3, -0.25) is 0 Å². The summed E-state index contributed by atoms with van der Waals surface area (Å²) in [5.74, 6) is 0. The lowest BCUT2D eigenvalue weighted by Crippen LogP contribution is -2.27. The van der Waals surface area contributed by atoms with Crippen LogP contribution in [0.2, 0.25) is 0 Å². The van der Waals surface area contributed by atoms with Gasteiger partial charge in [-0.25, -0.2) is 4.79 Å². The van der Waals surface area contributed by atoms with Crippen molar-refractivity contribution in [1.29, 1.82) is 5.26 Å². The third kappa shape index (κ3) is 4.36. The van der Waals surface area contributed by atoms with E-state index >= 15 is 0 Å². The lowest BCUT2D eigenvalue weighted by molar-refractivity contribution is 0.136. The molecule has 0 aliphatic rings. The zero-order chi connectivity index (χ0) is 15.1. The highest BCUT2D eigenvalue weighted by molar-refractivity contribution is 5.67. The number of nitrogens with zero attached hydrogens (tertiary/aromatic N) is 1. The summed E-state index contributed by atoms with van der Waals surface area (Å²) in [7, 11) is 0. The summed E-state index contributed by atoms with van der Waals surface area (Å²) in [5.41, 5.74) is 2.37. The fourth-order valence-corrected chi connectivity index (χ4v) is 1.90. The first-order valence-corrected chi connectivity index (χ1v) is 6.66. The molecule has 0 radical (unpaired) electrons. The van der Waals surface area contributed by atoms with Crippen molar-refractivity contribution in [3.8, 4) is 6.07 Å². The Kier molecular flexibility index (Phi) is 4.94. The first-order chi connectivity index (χ1) is 10.2. The van der Waals surface area contributed by atoms with E-state index in [1.165, 1.54) is 0 Å². The van der Waals surface area contributed by atoms with Crippen molar-refractivity contribution in [2.24, 2.45) is 0 Å². The molecule has 0 aliphatic carbocycles. The number of rotatable bonds is 4. The quantitative estimate of drug-likeness (QED) is 0.931. The number of hydrogen-bond donors (Lipinski definition) is 1. The Bertz CT molecular complexity index is 647. The third-order valence-corrected chi connectivity index (χ3v) is 3.06. The third-order valence-electron chi connectivity index (χ3n) is 3.06. The monoisotopic (exact) mass is 280 g/mol. The summed E-state index contributed by atoms with van der Waals surface area (Å²) in [5, 5.41) is 11.6. The van der Waals surface area contributed by atoms with Crippen molar-refractivity contribution in [2.45, 2.75) is 19.6 Å². The number of alkyl carbamates (subject to hydrolysis) is 1. The van der Waals surface area contributed by atoms with E-state index in [-0.39, 0.29) is 12.6 Å². The summed E-state index contributed by atoms with van der Waals surface area (Å²) < 4.78 is 5.16. The first kappa shape index (κ1) is 14.6. The maximum Gasteiger partial charge on any atom is 0.407 e. The highest BCUT2D eigenvalue weighted by atomic mass is 16.5. The Hall–Kier alpha value is -2.80. The van der Waals surface area contributed by atoms with Crippen molar-refractivity contribution < 1.29 is 9.53 Å². The number of ether oxygens (including phenoxy) is 1. The second-order valence-electron chi connectivity index (χ2n) is 4.67. The van der Waals surface area contributed by atoms with Crippen LogP contribution in [-0.4, -0.2) is 6.09 Å². The van der Waals surface area contributed by atoms with E-state index < -0.39 is 6.09 Å². The highest BCUT2D eigenvalue weighted by Gasteiger charge is 2.10. The molecule has 106 valence electrons. The molecule has 1 atom stereocenters. The largest absolute Gasteiger partial charge is 0.445 e. The molecule has 4 heteroatoms. The predicted octanol–water partition coefficient (Wildman–Crippen LogP) is 3.55. The van der Waals surface area contributed by atoms with E-state index in [0.29, 0.717) is 5.56 Å². The van der Waals surface area contributed by atoms with E-state index in [4.69, 9.17) is 10.00 Å². The standard InChI is InChI=1S/C17H16N2O2/c1-13(16-9-5-8-15(10-16)11-18)19-17(20)21-12-14-6-3-2-4-7-14/h2-10,13H,12H2,1H3,(H,19,20)/t13-/m1/s1. The van der Waals surface area contributed by atoms with Gasteiger partial charge < -0.3 is 10.1 Å². The molecule has 0 fully saturated rings. The van der Waals surface area contributed by atoms with Crippen LogP contribution in [0.5, 0.6) is 0 Å². The second kappa shape index (κ2) is 7.11. The molecule has 2 aromatic carbocycles. The molecule has 4 nitrogen and oxygen atoms in total. The Morgan fingerprint density at radius 3 is 2.71 bits per heavy atom. The molecular weight excluding hydrogens is 264 g/mol. The molecule has 0 aliphatic heterocycles. The van der Waals surface area contributed by atoms with Gasteiger partial charge in [-0.2, -0.15) is 5.26 Å². The SMILES string of the molecule is C[C@@H](NC(=O)OCc1ccccc1)c1cccc(C#N)c1. The molecule has 0 saturated heterocycles. The van der Waals surface area contributed by atoms with Crippen LogP contribution in [0, 0.1) is 11.3 Å². The molecule has 0 heterocycles. The Balaban J connectivity index is 1.88. The zero-order valence-corrected chi connectivity index (χ0v) is 11.7. The van der Waals surface area contributed by atoms with Crippen LogP contribution >= 0.6 is 0 Å². The van der Waals surface area contributed by atoms with Crippen LogP contribution in [0.15, 0.2) is 54.6 Å². The van der Waals surface area contributed by atoms with E-state index in [2.05, 4.69) is 11.4 Å². The number of amides is 1. The number of hydrogen-bond acceptors (Lipinski definition) is 3. The second-order valence-corrected chi connectivity index (χ2v) is 4.67. The van der Waals surface area contributed by atoms with Gasteiger partial charge in [0.1, 0.15) is 6.61 Å². The highest BCUT2D eigenvalue weighted by Crippen LogP contribution is 2.14. The molecule has 0 aromatic heterocycles. The van der Waals surface area contributed by atoms with Gasteiger partial charge in [-0.1, -0.05) is 42.5 Å². The summed E-state index contributed by atoms with van der Waals surface area (Å²) in [4.78, 5) is 11.8. The van der Waals surface area contributed by atoms with Crippen molar-refractivity contribution in [3.05, 3.63) is 71.3 Å². The molecule has 1 amide bonds. The predicted molar refractivity (Wildman–Crippen MR) is 79.3 cm³/mol. The topological polar surface area (TPSA) is 62.1 Å². The minimum Gasteiger partial charge on any atom is -0.445 e. The fraction of sp³-hybridized carbons (Fsp3) is 0.176. The van der Waals surface area contributed by atoms with Gasteiger partial charge in [-0.15, -0.1) is 0 Å². The van der Waals surface area contributed by atoms with E-state index in [9.17, 15) is 4.79 Å². The average molecular weight is 280 g/mol. The maximum absolute atomic E-state index is 11.8. The van der Waals surface area contributed by atoms with E-state index in [1.807, 2.05) is 43.3 Å². The Morgan fingerprint density at radius 2 is 2.00 bits per heavy atom. The molecular formula is C17H16N2O2. The van der Waals surface area contributed by atoms with Crippen LogP contribution in [-0.2, 0) is 11.3 Å². The number of carbonyl (C=O) groups excluding carboxylic acids is 1. The molecule has 1 N–H and O–H groups in total. The van der Waals surface area contributed by atoms with Crippen LogP contribution < -0.4 is 5.32 Å². The number of benzene rings is 2. The van der Waals surface area contributed by atoms with Crippen LogP contribution in [0.25, 0.3) is 0 Å². The van der Waals surface area contributed by atoms with Gasteiger partial charge in [-0.05, 0) is 30.2 Å². The lowest BCUT2D eigenvalue weighted by atomic mass is 10.1. The smallest absolute Gasteiger partial charge is 0.407 e. The van der Waals surface area contributed by atoms with Crippen LogP contribution in [0.3, 0.4) is 0 Å². The van der Waals surface area contributed by atoms with E-state index in [0.717, 1.165) is 11.1 Å². The summed E-state index contributed by atoms with van der Waals surface area (Å²) >= 11 is 0. The molecule has 2 aromatic rings. The normalized spacial score (nSPS) is 11.2. The van der Waals surface area contributed by atoms with Gasteiger partial charge in [0.15, 0.2) is 0 Å². The summed E-state index contributed by atoms with van der Waals surface area (Å²) in [6, 6.07) is 18.5. The van der Waals surface area contributed by atoms with Gasteiger partial charge in [0.25, 0.3) is 0 Å². The Labute approximate surface area is 124 Å². The van der Waals surface area contributed by atoms with Gasteiger partial charge in [0.2, 0.25) is 0 Å². The Morgan fingerprint density at radius 1 is 1.24 bits per heavy atom. The summed E-state index contributed by atoms with van der Waals surface area (Å²) in [6.45, 7) is 2.08. The van der Waals surface area contributed by atoms with Crippen molar-refractivity contribution in [1.82, 2.24) is 5.32 Å². The van der Waals surface area contributed by atoms with Crippen molar-refractivity contribution in [3.63, 3.8) is 0 Å². The molecule has 2 rings (SSSR count). The van der Waals surface area contributed by atoms with E-state index in [1.54, 1.807) is 18.2 Å². The van der Waals surface area contributed by atoms with Crippen LogP contribution in [0.1, 0.15) is 29.7 Å². The number of carbonyl (C=O) groups is 1. The minimum absolute atomic E-state index is 0.221. The van der Waals surface area contributed by atoms with Crippen molar-refractivity contribution >= 4 is 6.09 Å². The number of nitriles is 1. The number of nitrogens with one attached hydrogen (secondary N) is 1. The van der Waals surface area contributed by atoms with Gasteiger partial charge in [0.05, 0.1) is 17.7 Å². The summed E-state index contributed by atoms with van der Waals surface area (Å²) in [6.07, 6.45) is -0.478. The molecule has 0 unspecified atom stereocenters. The molecule has 0 spiro atoms. The molecule has 0 saturated carbocycles. The zero-order valence-electron chi connectivity index (χ0n) is 11.7.